The quantitative estimate of drug-likeness (QED) is 0.424. The molecule has 0 radical (unpaired) electrons. The van der Waals surface area contributed by atoms with Crippen LogP contribution in [-0.4, -0.2) is 23.7 Å². The first-order chi connectivity index (χ1) is 16.6. The second-order valence-corrected chi connectivity index (χ2v) is 9.97. The monoisotopic (exact) mass is 490 g/mol. The number of rotatable bonds is 6. The molecule has 0 saturated carbocycles. The van der Waals surface area contributed by atoms with Crippen LogP contribution in [0, 0.1) is 20.8 Å². The highest BCUT2D eigenvalue weighted by molar-refractivity contribution is 7.92. The average molecular weight is 491 g/mol. The molecule has 0 spiro atoms. The molecule has 0 aliphatic carbocycles. The summed E-state index contributed by atoms with van der Waals surface area (Å²) in [4.78, 5) is 26.3. The fraction of sp³-hybridized carbons (Fsp3) is 0.154. The van der Waals surface area contributed by atoms with E-state index in [1.807, 2.05) is 24.3 Å². The second-order valence-electron chi connectivity index (χ2n) is 8.29. The third-order valence-electron chi connectivity index (χ3n) is 5.95. The molecule has 1 heterocycles. The van der Waals surface area contributed by atoms with Gasteiger partial charge in [-0.2, -0.15) is 0 Å². The van der Waals surface area contributed by atoms with E-state index in [1.165, 1.54) is 16.8 Å². The molecule has 1 aromatic heterocycles. The molecular weight excluding hydrogens is 464 g/mol. The number of carbonyl (C=O) groups excluding carboxylic acids is 1. The van der Waals surface area contributed by atoms with Crippen LogP contribution in [0.25, 0.3) is 5.69 Å². The minimum Gasteiger partial charge on any atom is -0.316 e. The van der Waals surface area contributed by atoms with E-state index in [2.05, 4.69) is 10.0 Å². The zero-order valence-electron chi connectivity index (χ0n) is 19.9. The van der Waals surface area contributed by atoms with Gasteiger partial charge in [-0.1, -0.05) is 42.5 Å². The molecule has 0 bridgehead atoms. The first-order valence-electron chi connectivity index (χ1n) is 10.9. The van der Waals surface area contributed by atoms with Crippen LogP contribution in [0.5, 0.6) is 0 Å². The zero-order valence-corrected chi connectivity index (χ0v) is 20.7. The number of para-hydroxylation sites is 2. The topological polar surface area (TPSA) is 102 Å². The lowest BCUT2D eigenvalue weighted by atomic mass is 10.1. The van der Waals surface area contributed by atoms with Crippen molar-refractivity contribution in [1.29, 1.82) is 0 Å². The molecule has 0 aliphatic heterocycles. The predicted octanol–water partition coefficient (Wildman–Crippen LogP) is 4.15. The molecule has 0 fully saturated rings. The van der Waals surface area contributed by atoms with Crippen LogP contribution in [0.1, 0.15) is 27.2 Å². The van der Waals surface area contributed by atoms with E-state index < -0.39 is 15.9 Å². The number of amides is 1. The number of hydrogen-bond acceptors (Lipinski definition) is 4. The number of nitrogens with zero attached hydrogens (tertiary/aromatic N) is 2. The first kappa shape index (κ1) is 24.0. The Kier molecular flexibility index (Phi) is 6.36. The van der Waals surface area contributed by atoms with Crippen LogP contribution in [0.3, 0.4) is 0 Å². The average Bonchev–Trinajstić information content (AvgIpc) is 3.04. The summed E-state index contributed by atoms with van der Waals surface area (Å²) in [5.41, 5.74) is 2.95. The summed E-state index contributed by atoms with van der Waals surface area (Å²) in [6.07, 6.45) is 0. The summed E-state index contributed by atoms with van der Waals surface area (Å²) < 4.78 is 31.7. The molecule has 1 amide bonds. The minimum absolute atomic E-state index is 0.0528. The normalized spacial score (nSPS) is 11.3. The van der Waals surface area contributed by atoms with Gasteiger partial charge in [-0.15, -0.1) is 0 Å². The maximum Gasteiger partial charge on any atom is 0.295 e. The second kappa shape index (κ2) is 9.27. The number of sulfonamides is 1. The SMILES string of the molecule is Cc1ccccc1NS(=O)(=O)c1ccc(C)c(C(=O)Nc2c(C)n(C)n(-c3ccccc3)c2=O)c1. The number of nitrogens with one attached hydrogen (secondary N) is 2. The van der Waals surface area contributed by atoms with Crippen molar-refractivity contribution in [2.45, 2.75) is 25.7 Å². The van der Waals surface area contributed by atoms with E-state index in [0.717, 1.165) is 5.56 Å². The Morgan fingerprint density at radius 3 is 2.20 bits per heavy atom. The van der Waals surface area contributed by atoms with Crippen LogP contribution < -0.4 is 15.6 Å². The number of carbonyl (C=O) groups is 1. The fourth-order valence-electron chi connectivity index (χ4n) is 3.80. The van der Waals surface area contributed by atoms with Crippen LogP contribution >= 0.6 is 0 Å². The van der Waals surface area contributed by atoms with Crippen molar-refractivity contribution in [3.05, 3.63) is 106 Å². The molecule has 180 valence electrons. The third-order valence-corrected chi connectivity index (χ3v) is 7.31. The molecule has 2 N–H and O–H groups in total. The molecular formula is C26H26N4O4S. The number of hydrogen-bond donors (Lipinski definition) is 2. The lowest BCUT2D eigenvalue weighted by molar-refractivity contribution is 0.102. The van der Waals surface area contributed by atoms with Crippen LogP contribution in [0.2, 0.25) is 0 Å². The van der Waals surface area contributed by atoms with Gasteiger partial charge in [0, 0.05) is 12.6 Å². The molecule has 4 aromatic rings. The Labute approximate surface area is 203 Å². The van der Waals surface area contributed by atoms with Gasteiger partial charge in [0.1, 0.15) is 5.69 Å². The van der Waals surface area contributed by atoms with Crippen LogP contribution in [-0.2, 0) is 17.1 Å². The Balaban J connectivity index is 1.67. The van der Waals surface area contributed by atoms with E-state index in [4.69, 9.17) is 0 Å². The molecule has 9 heteroatoms. The van der Waals surface area contributed by atoms with E-state index in [0.29, 0.717) is 22.6 Å². The molecule has 0 aliphatic rings. The summed E-state index contributed by atoms with van der Waals surface area (Å²) in [5, 5.41) is 2.70. The van der Waals surface area contributed by atoms with Crippen molar-refractivity contribution in [2.24, 2.45) is 7.05 Å². The van der Waals surface area contributed by atoms with Crippen molar-refractivity contribution < 1.29 is 13.2 Å². The van der Waals surface area contributed by atoms with Crippen LogP contribution in [0.4, 0.5) is 11.4 Å². The molecule has 0 atom stereocenters. The molecule has 4 rings (SSSR count). The molecule has 35 heavy (non-hydrogen) atoms. The molecule has 0 unspecified atom stereocenters. The molecule has 0 saturated heterocycles. The van der Waals surface area contributed by atoms with Gasteiger partial charge >= 0.3 is 0 Å². The Morgan fingerprint density at radius 1 is 0.857 bits per heavy atom. The summed E-state index contributed by atoms with van der Waals surface area (Å²) in [7, 11) is -2.21. The van der Waals surface area contributed by atoms with Gasteiger partial charge in [0.2, 0.25) is 0 Å². The summed E-state index contributed by atoms with van der Waals surface area (Å²) in [6, 6.07) is 20.5. The van der Waals surface area contributed by atoms with Crippen molar-refractivity contribution in [1.82, 2.24) is 9.36 Å². The zero-order chi connectivity index (χ0) is 25.3. The van der Waals surface area contributed by atoms with E-state index in [9.17, 15) is 18.0 Å². The number of benzene rings is 3. The largest absolute Gasteiger partial charge is 0.316 e. The molecule has 8 nitrogen and oxygen atoms in total. The maximum absolute atomic E-state index is 13.2. The smallest absolute Gasteiger partial charge is 0.295 e. The van der Waals surface area contributed by atoms with E-state index in [1.54, 1.807) is 68.9 Å². The van der Waals surface area contributed by atoms with Crippen molar-refractivity contribution in [3.8, 4) is 5.69 Å². The fourth-order valence-corrected chi connectivity index (χ4v) is 4.95. The van der Waals surface area contributed by atoms with Gasteiger partial charge < -0.3 is 5.32 Å². The summed E-state index contributed by atoms with van der Waals surface area (Å²) >= 11 is 0. The van der Waals surface area contributed by atoms with Crippen molar-refractivity contribution in [3.63, 3.8) is 0 Å². The highest BCUT2D eigenvalue weighted by atomic mass is 32.2. The van der Waals surface area contributed by atoms with Gasteiger partial charge in [-0.3, -0.25) is 19.0 Å². The number of aromatic nitrogens is 2. The van der Waals surface area contributed by atoms with Crippen molar-refractivity contribution in [2.75, 3.05) is 10.0 Å². The Bertz CT molecular complexity index is 1590. The minimum atomic E-state index is -3.94. The van der Waals surface area contributed by atoms with Gasteiger partial charge in [0.25, 0.3) is 21.5 Å². The van der Waals surface area contributed by atoms with Gasteiger partial charge in [-0.25, -0.2) is 13.1 Å². The highest BCUT2D eigenvalue weighted by Gasteiger charge is 2.22. The van der Waals surface area contributed by atoms with E-state index in [-0.39, 0.29) is 21.7 Å². The van der Waals surface area contributed by atoms with Gasteiger partial charge in [0.15, 0.2) is 0 Å². The third kappa shape index (κ3) is 4.63. The number of aryl methyl sites for hydroxylation is 2. The lowest BCUT2D eigenvalue weighted by Gasteiger charge is -2.13. The summed E-state index contributed by atoms with van der Waals surface area (Å²) in [6.45, 7) is 5.24. The number of anilines is 2. The lowest BCUT2D eigenvalue weighted by Crippen LogP contribution is -2.23. The standard InChI is InChI=1S/C26H26N4O4S/c1-17-14-15-21(35(33,34)28-23-13-9-8-10-18(23)2)16-22(17)25(31)27-24-19(3)29(4)30(26(24)32)20-11-6-5-7-12-20/h5-16,28H,1-4H3,(H,27,31). The molecule has 3 aromatic carbocycles. The van der Waals surface area contributed by atoms with Crippen molar-refractivity contribution >= 4 is 27.3 Å². The van der Waals surface area contributed by atoms with Gasteiger partial charge in [0.05, 0.1) is 22.0 Å². The first-order valence-corrected chi connectivity index (χ1v) is 12.4. The highest BCUT2D eigenvalue weighted by Crippen LogP contribution is 2.22. The summed E-state index contributed by atoms with van der Waals surface area (Å²) in [5.74, 6) is -0.568. The maximum atomic E-state index is 13.2. The van der Waals surface area contributed by atoms with E-state index >= 15 is 0 Å². The van der Waals surface area contributed by atoms with Gasteiger partial charge in [-0.05, 0) is 62.2 Å². The Morgan fingerprint density at radius 2 is 1.51 bits per heavy atom. The van der Waals surface area contributed by atoms with Crippen LogP contribution in [0.15, 0.2) is 82.5 Å². The predicted molar refractivity (Wildman–Crippen MR) is 137 cm³/mol. The Hall–Kier alpha value is -4.11.